The molecule has 0 saturated heterocycles. The summed E-state index contributed by atoms with van der Waals surface area (Å²) in [6.45, 7) is 2.09. The van der Waals surface area contributed by atoms with Crippen LogP contribution in [0.4, 0.5) is 0 Å². The van der Waals surface area contributed by atoms with Crippen LogP contribution < -0.4 is 4.21 Å². The minimum atomic E-state index is 0. The van der Waals surface area contributed by atoms with E-state index < -0.39 is 0 Å². The Labute approximate surface area is 56.3 Å². The summed E-state index contributed by atoms with van der Waals surface area (Å²) in [5.74, 6) is 0. The molecule has 0 aliphatic rings. The molecule has 1 aromatic rings. The van der Waals surface area contributed by atoms with Gasteiger partial charge in [-0.15, -0.1) is 0 Å². The molecular weight excluding hydrogens is 266 g/mol. The predicted molar refractivity (Wildman–Crippen MR) is 27.4 cm³/mol. The number of hydrogen-bond acceptors (Lipinski definition) is 0. The maximum atomic E-state index is 3.07. The van der Waals surface area contributed by atoms with E-state index >= 15 is 0 Å². The molecule has 0 aliphatic carbocycles. The Morgan fingerprint density at radius 3 is 2.71 bits per heavy atom. The van der Waals surface area contributed by atoms with Gasteiger partial charge in [-0.3, -0.25) is 0 Å². The SMILES string of the molecule is Cc1cc[nH][c]1[Ir+2].[H-].[H-]. The quantitative estimate of drug-likeness (QED) is 0.717. The maximum absolute atomic E-state index is 3.07. The van der Waals surface area contributed by atoms with Gasteiger partial charge in [-0.2, -0.15) is 0 Å². The number of hydrogen-bond donors (Lipinski definition) is 1. The van der Waals surface area contributed by atoms with Crippen LogP contribution in [0.3, 0.4) is 0 Å². The van der Waals surface area contributed by atoms with E-state index in [-0.39, 0.29) is 2.85 Å². The van der Waals surface area contributed by atoms with Gasteiger partial charge in [-0.1, -0.05) is 0 Å². The van der Waals surface area contributed by atoms with Gasteiger partial charge < -0.3 is 2.85 Å². The summed E-state index contributed by atoms with van der Waals surface area (Å²) in [6, 6.07) is 2.06. The molecule has 0 unspecified atom stereocenters. The van der Waals surface area contributed by atoms with Crippen LogP contribution in [0.2, 0.25) is 0 Å². The molecule has 1 rings (SSSR count). The number of aryl methyl sites for hydroxylation is 1. The maximum Gasteiger partial charge on any atom is -1.00 e. The van der Waals surface area contributed by atoms with E-state index in [9.17, 15) is 0 Å². The van der Waals surface area contributed by atoms with Crippen molar-refractivity contribution in [2.24, 2.45) is 0 Å². The smallest absolute Gasteiger partial charge is 1.00 e. The molecule has 0 bridgehead atoms. The molecule has 0 saturated carbocycles. The van der Waals surface area contributed by atoms with Crippen molar-refractivity contribution in [3.05, 3.63) is 17.8 Å². The Balaban J connectivity index is 0. The van der Waals surface area contributed by atoms with Gasteiger partial charge >= 0.3 is 52.8 Å². The summed E-state index contributed by atoms with van der Waals surface area (Å²) in [6.07, 6.45) is 1.95. The van der Waals surface area contributed by atoms with Gasteiger partial charge in [0.1, 0.15) is 0 Å². The number of aromatic amines is 1. The molecule has 2 heteroatoms. The van der Waals surface area contributed by atoms with Crippen LogP contribution in [0.5, 0.6) is 0 Å². The number of aromatic nitrogens is 1. The predicted octanol–water partition coefficient (Wildman–Crippen LogP) is 0.720. The van der Waals surface area contributed by atoms with Crippen molar-refractivity contribution >= 4 is 4.21 Å². The number of H-pyrrole nitrogens is 1. The van der Waals surface area contributed by atoms with E-state index in [1.54, 1.807) is 0 Å². The Morgan fingerprint density at radius 1 is 1.86 bits per heavy atom. The normalized spacial score (nSPS) is 9.43. The topological polar surface area (TPSA) is 15.8 Å². The second kappa shape index (κ2) is 1.81. The molecule has 1 N–H and O–H groups in total. The average Bonchev–Trinajstić information content (AvgIpc) is 1.91. The second-order valence-corrected chi connectivity index (χ2v) is 2.65. The van der Waals surface area contributed by atoms with Crippen molar-refractivity contribution in [1.29, 1.82) is 0 Å². The molecule has 7 heavy (non-hydrogen) atoms. The van der Waals surface area contributed by atoms with E-state index in [2.05, 4.69) is 36.9 Å². The van der Waals surface area contributed by atoms with E-state index in [1.165, 1.54) is 9.77 Å². The first-order chi connectivity index (χ1) is 3.30. The zero-order chi connectivity index (χ0) is 5.28. The molecule has 1 aromatic heterocycles. The minimum Gasteiger partial charge on any atom is -1.00 e. The second-order valence-electron chi connectivity index (χ2n) is 1.45. The third kappa shape index (κ3) is 0.929. The van der Waals surface area contributed by atoms with Crippen LogP contribution in [0.1, 0.15) is 8.42 Å². The molecule has 1 nitrogen and oxygen atoms in total. The summed E-state index contributed by atoms with van der Waals surface area (Å²) >= 11 is 2.06. The third-order valence-corrected chi connectivity index (χ3v) is 2.16. The zero-order valence-corrected chi connectivity index (χ0v) is 6.38. The van der Waals surface area contributed by atoms with Gasteiger partial charge in [0, 0.05) is 0 Å². The first kappa shape index (κ1) is 5.07. The van der Waals surface area contributed by atoms with Crippen LogP contribution in [-0.4, -0.2) is 4.98 Å². The van der Waals surface area contributed by atoms with Gasteiger partial charge in [-0.25, -0.2) is 0 Å². The standard InChI is InChI=1S/C5H6N.Ir.2H/c1-5-2-3-6-4-5;;;/h2-3,6H,1H3;;;/q;+2;2*-1. The van der Waals surface area contributed by atoms with Crippen LogP contribution in [-0.2, 0) is 18.9 Å². The summed E-state index contributed by atoms with van der Waals surface area (Å²) < 4.78 is 1.26. The van der Waals surface area contributed by atoms with Crippen LogP contribution in [0, 0.1) is 6.92 Å². The Hall–Kier alpha value is -0.0706. The molecule has 0 aromatic carbocycles. The zero-order valence-electron chi connectivity index (χ0n) is 5.99. The van der Waals surface area contributed by atoms with Crippen LogP contribution >= 0.6 is 0 Å². The van der Waals surface area contributed by atoms with Crippen molar-refractivity contribution in [3.63, 3.8) is 0 Å². The fourth-order valence-corrected chi connectivity index (χ4v) is 0.819. The van der Waals surface area contributed by atoms with Crippen LogP contribution in [0.25, 0.3) is 0 Å². The molecule has 1 heterocycles. The van der Waals surface area contributed by atoms with Crippen molar-refractivity contribution < 1.29 is 21.8 Å². The Morgan fingerprint density at radius 2 is 2.57 bits per heavy atom. The van der Waals surface area contributed by atoms with Gasteiger partial charge in [0.05, 0.1) is 0 Å². The molecule has 0 atom stereocenters. The number of rotatable bonds is 0. The van der Waals surface area contributed by atoms with Crippen molar-refractivity contribution in [1.82, 2.24) is 4.98 Å². The minimum absolute atomic E-state index is 0. The van der Waals surface area contributed by atoms with Crippen molar-refractivity contribution in [2.75, 3.05) is 0 Å². The summed E-state index contributed by atoms with van der Waals surface area (Å²) in [5.41, 5.74) is 1.33. The van der Waals surface area contributed by atoms with E-state index in [4.69, 9.17) is 0 Å². The van der Waals surface area contributed by atoms with E-state index in [1.807, 2.05) is 6.20 Å². The fraction of sp³-hybridized carbons (Fsp3) is 0.200. The molecule has 0 radical (unpaired) electrons. The summed E-state index contributed by atoms with van der Waals surface area (Å²) in [5, 5.41) is 0. The monoisotopic (exact) mass is 275 g/mol. The summed E-state index contributed by atoms with van der Waals surface area (Å²) in [7, 11) is 0. The average molecular weight is 274 g/mol. The molecular formula is C5H8IrN. The first-order valence-corrected chi connectivity index (χ1v) is 3.27. The van der Waals surface area contributed by atoms with Crippen LogP contribution in [0.15, 0.2) is 12.3 Å². The van der Waals surface area contributed by atoms with Gasteiger partial charge in [0.2, 0.25) is 0 Å². The van der Waals surface area contributed by atoms with Crippen molar-refractivity contribution in [2.45, 2.75) is 6.92 Å². The summed E-state index contributed by atoms with van der Waals surface area (Å²) in [4.78, 5) is 3.07. The Kier molecular flexibility index (Phi) is 1.31. The van der Waals surface area contributed by atoms with Gasteiger partial charge in [0.15, 0.2) is 0 Å². The van der Waals surface area contributed by atoms with Gasteiger partial charge in [0.25, 0.3) is 0 Å². The molecule has 0 spiro atoms. The Bertz CT molecular complexity index is 147. The first-order valence-electron chi connectivity index (χ1n) is 2.08. The molecule has 0 amide bonds. The molecule has 0 fully saturated rings. The third-order valence-electron chi connectivity index (χ3n) is 0.866. The van der Waals surface area contributed by atoms with Gasteiger partial charge in [-0.05, 0) is 0 Å². The number of nitrogens with one attached hydrogen (secondary N) is 1. The molecule has 0 aliphatic heterocycles. The largest absolute Gasteiger partial charge is 1.00 e. The van der Waals surface area contributed by atoms with Crippen molar-refractivity contribution in [3.8, 4) is 0 Å². The van der Waals surface area contributed by atoms with E-state index in [0.29, 0.717) is 0 Å². The fourth-order valence-electron chi connectivity index (χ4n) is 0.419. The molecule has 42 valence electrons. The van der Waals surface area contributed by atoms with E-state index in [0.717, 1.165) is 0 Å².